The van der Waals surface area contributed by atoms with Crippen LogP contribution in [0.2, 0.25) is 5.82 Å². The average Bonchev–Trinajstić information content (AvgIpc) is 3.27. The summed E-state index contributed by atoms with van der Waals surface area (Å²) in [5, 5.41) is 9.35. The molecule has 1 saturated heterocycles. The lowest BCUT2D eigenvalue weighted by Gasteiger charge is -2.58. The zero-order valence-corrected chi connectivity index (χ0v) is 19.3. The van der Waals surface area contributed by atoms with Crippen LogP contribution in [0.5, 0.6) is 0 Å². The van der Waals surface area contributed by atoms with E-state index in [1.807, 2.05) is 0 Å². The fourth-order valence-corrected chi connectivity index (χ4v) is 4.53. The van der Waals surface area contributed by atoms with Crippen LogP contribution in [0.15, 0.2) is 0 Å². The van der Waals surface area contributed by atoms with Crippen LogP contribution in [0.4, 0.5) is 0 Å². The summed E-state index contributed by atoms with van der Waals surface area (Å²) in [7, 11) is 2.38. The maximum atomic E-state index is 3.77. The second-order valence-corrected chi connectivity index (χ2v) is 10.4. The lowest BCUT2D eigenvalue weighted by Crippen LogP contribution is -2.70. The Kier molecular flexibility index (Phi) is 6.92. The van der Waals surface area contributed by atoms with Crippen molar-refractivity contribution in [2.24, 2.45) is 0 Å². The van der Waals surface area contributed by atoms with Crippen molar-refractivity contribution in [1.29, 1.82) is 0 Å². The molecule has 0 amide bonds. The number of nitrogens with one attached hydrogen (secondary N) is 1. The first kappa shape index (κ1) is 22.2. The Balaban J connectivity index is 2.30. The smallest absolute Gasteiger partial charge is 0.107 e. The molecule has 3 atom stereocenters. The van der Waals surface area contributed by atoms with Crippen LogP contribution in [-0.4, -0.2) is 77.6 Å². The van der Waals surface area contributed by atoms with Crippen LogP contribution in [0.1, 0.15) is 75.2 Å². The lowest BCUT2D eigenvalue weighted by atomic mass is 9.73. The minimum Gasteiger partial charge on any atom is -0.310 e. The van der Waals surface area contributed by atoms with Gasteiger partial charge in [-0.1, -0.05) is 26.6 Å². The van der Waals surface area contributed by atoms with Crippen LogP contribution in [0.25, 0.3) is 0 Å². The standard InChI is InChI=1S/C21H45BN4/c1-15(2)23-17(5)18(6)26(20(8,9)19(7)22)25-13-12-24(16(3)4)14-21(25)10-11-21/h15-19,23H,10-14,22H2,1-9H3. The van der Waals surface area contributed by atoms with Crippen LogP contribution in [0.3, 0.4) is 0 Å². The molecule has 152 valence electrons. The van der Waals surface area contributed by atoms with Crippen molar-refractivity contribution in [1.82, 2.24) is 20.2 Å². The summed E-state index contributed by atoms with van der Waals surface area (Å²) >= 11 is 0. The molecule has 0 aromatic rings. The molecule has 26 heavy (non-hydrogen) atoms. The van der Waals surface area contributed by atoms with Crippen LogP contribution in [-0.2, 0) is 0 Å². The summed E-state index contributed by atoms with van der Waals surface area (Å²) in [5.74, 6) is 0.607. The quantitative estimate of drug-likeness (QED) is 0.669. The van der Waals surface area contributed by atoms with Gasteiger partial charge in [0, 0.05) is 54.9 Å². The van der Waals surface area contributed by atoms with E-state index in [0.717, 1.165) is 6.54 Å². The summed E-state index contributed by atoms with van der Waals surface area (Å²) in [6.45, 7) is 24.8. The van der Waals surface area contributed by atoms with E-state index in [0.29, 0.717) is 35.5 Å². The van der Waals surface area contributed by atoms with E-state index in [9.17, 15) is 0 Å². The SMILES string of the molecule is BC(C)C(C)(C)N(C(C)C(C)NC(C)C)N1CCN(C(C)C)CC12CC2. The van der Waals surface area contributed by atoms with E-state index in [1.165, 1.54) is 25.9 Å². The zero-order chi connectivity index (χ0) is 19.9. The Bertz CT molecular complexity index is 459. The molecule has 1 saturated carbocycles. The highest BCUT2D eigenvalue weighted by Gasteiger charge is 2.56. The highest BCUT2D eigenvalue weighted by molar-refractivity contribution is 6.12. The van der Waals surface area contributed by atoms with Gasteiger partial charge < -0.3 is 5.32 Å². The molecule has 1 N–H and O–H groups in total. The third-order valence-corrected chi connectivity index (χ3v) is 7.17. The van der Waals surface area contributed by atoms with Gasteiger partial charge in [-0.2, -0.15) is 0 Å². The molecule has 0 radical (unpaired) electrons. The second-order valence-electron chi connectivity index (χ2n) is 10.4. The van der Waals surface area contributed by atoms with Crippen molar-refractivity contribution in [2.75, 3.05) is 19.6 Å². The summed E-state index contributed by atoms with van der Waals surface area (Å²) in [4.78, 5) is 2.69. The molecule has 1 spiro atoms. The van der Waals surface area contributed by atoms with E-state index in [-0.39, 0.29) is 5.54 Å². The Labute approximate surface area is 164 Å². The minimum atomic E-state index is 0.141. The van der Waals surface area contributed by atoms with Gasteiger partial charge in [-0.3, -0.25) is 4.90 Å². The van der Waals surface area contributed by atoms with Crippen molar-refractivity contribution < 1.29 is 0 Å². The van der Waals surface area contributed by atoms with Gasteiger partial charge in [-0.15, -0.1) is 0 Å². The van der Waals surface area contributed by atoms with Crippen molar-refractivity contribution in [2.45, 2.75) is 116 Å². The Morgan fingerprint density at radius 1 is 1.00 bits per heavy atom. The van der Waals surface area contributed by atoms with Gasteiger partial charge in [0.05, 0.1) is 0 Å². The third-order valence-electron chi connectivity index (χ3n) is 7.17. The fraction of sp³-hybridized carbons (Fsp3) is 1.00. The molecule has 2 fully saturated rings. The zero-order valence-electron chi connectivity index (χ0n) is 19.3. The summed E-state index contributed by atoms with van der Waals surface area (Å²) in [6, 6.07) is 2.11. The van der Waals surface area contributed by atoms with Gasteiger partial charge in [0.25, 0.3) is 0 Å². The molecule has 2 aliphatic rings. The maximum Gasteiger partial charge on any atom is 0.107 e. The molecule has 2 rings (SSSR count). The molecule has 0 bridgehead atoms. The molecule has 1 aliphatic heterocycles. The topological polar surface area (TPSA) is 21.8 Å². The van der Waals surface area contributed by atoms with Gasteiger partial charge in [0.15, 0.2) is 0 Å². The van der Waals surface area contributed by atoms with E-state index in [2.05, 4.69) is 90.4 Å². The minimum absolute atomic E-state index is 0.141. The molecule has 1 heterocycles. The van der Waals surface area contributed by atoms with Crippen LogP contribution in [0, 0.1) is 0 Å². The lowest BCUT2D eigenvalue weighted by molar-refractivity contribution is -0.185. The molecule has 3 unspecified atom stereocenters. The van der Waals surface area contributed by atoms with Gasteiger partial charge in [0.1, 0.15) is 7.85 Å². The first-order valence-corrected chi connectivity index (χ1v) is 11.0. The first-order valence-electron chi connectivity index (χ1n) is 11.0. The normalized spacial score (nSPS) is 25.2. The summed E-state index contributed by atoms with van der Waals surface area (Å²) in [5.41, 5.74) is 0.516. The highest BCUT2D eigenvalue weighted by atomic mass is 15.7. The predicted octanol–water partition coefficient (Wildman–Crippen LogP) is 2.76. The summed E-state index contributed by atoms with van der Waals surface area (Å²) < 4.78 is 0. The van der Waals surface area contributed by atoms with Crippen molar-refractivity contribution >= 4 is 7.85 Å². The largest absolute Gasteiger partial charge is 0.310 e. The molecule has 5 heteroatoms. The molecule has 4 nitrogen and oxygen atoms in total. The average molecular weight is 364 g/mol. The van der Waals surface area contributed by atoms with Crippen LogP contribution >= 0.6 is 0 Å². The molecule has 0 aromatic carbocycles. The number of piperazine rings is 1. The van der Waals surface area contributed by atoms with Gasteiger partial charge >= 0.3 is 0 Å². The van der Waals surface area contributed by atoms with Crippen molar-refractivity contribution in [3.8, 4) is 0 Å². The monoisotopic (exact) mass is 364 g/mol. The van der Waals surface area contributed by atoms with E-state index in [4.69, 9.17) is 0 Å². The molecule has 0 aromatic heterocycles. The summed E-state index contributed by atoms with van der Waals surface area (Å²) in [6.07, 6.45) is 2.69. The van der Waals surface area contributed by atoms with Crippen molar-refractivity contribution in [3.05, 3.63) is 0 Å². The molecular formula is C21H45BN4. The molecular weight excluding hydrogens is 319 g/mol. The number of hydrogen-bond donors (Lipinski definition) is 1. The van der Waals surface area contributed by atoms with E-state index >= 15 is 0 Å². The van der Waals surface area contributed by atoms with E-state index in [1.54, 1.807) is 0 Å². The number of hydrogen-bond acceptors (Lipinski definition) is 4. The number of nitrogens with zero attached hydrogens (tertiary/aromatic N) is 3. The van der Waals surface area contributed by atoms with Gasteiger partial charge in [0.2, 0.25) is 0 Å². The Morgan fingerprint density at radius 2 is 1.58 bits per heavy atom. The number of hydrazine groups is 1. The van der Waals surface area contributed by atoms with Crippen LogP contribution < -0.4 is 5.32 Å². The highest BCUT2D eigenvalue weighted by Crippen LogP contribution is 2.48. The van der Waals surface area contributed by atoms with Crippen molar-refractivity contribution in [3.63, 3.8) is 0 Å². The maximum absolute atomic E-state index is 3.77. The second kappa shape index (κ2) is 8.10. The van der Waals surface area contributed by atoms with Gasteiger partial charge in [-0.05, 0) is 54.4 Å². The third kappa shape index (κ3) is 4.48. The predicted molar refractivity (Wildman–Crippen MR) is 116 cm³/mol. The van der Waals surface area contributed by atoms with Gasteiger partial charge in [-0.25, -0.2) is 10.0 Å². The fourth-order valence-electron chi connectivity index (χ4n) is 4.53. The molecule has 1 aliphatic carbocycles. The Morgan fingerprint density at radius 3 is 2.00 bits per heavy atom. The van der Waals surface area contributed by atoms with E-state index < -0.39 is 0 Å². The first-order chi connectivity index (χ1) is 11.9. The Hall–Kier alpha value is -0.0951. The number of rotatable bonds is 8.